The molecule has 1 saturated carbocycles. The number of aryl methyl sites for hydroxylation is 2. The summed E-state index contributed by atoms with van der Waals surface area (Å²) in [6.45, 7) is 3.20. The van der Waals surface area contributed by atoms with Crippen molar-refractivity contribution >= 4 is 21.7 Å². The number of benzene rings is 1. The molecular weight excluding hydrogens is 428 g/mol. The maximum atomic E-state index is 14.4. The van der Waals surface area contributed by atoms with E-state index in [1.165, 1.54) is 6.20 Å². The van der Waals surface area contributed by atoms with Crippen LogP contribution in [0.4, 0.5) is 8.78 Å². The van der Waals surface area contributed by atoms with Crippen molar-refractivity contribution in [3.05, 3.63) is 70.2 Å². The Morgan fingerprint density at radius 1 is 1.36 bits per heavy atom. The van der Waals surface area contributed by atoms with Crippen molar-refractivity contribution in [1.82, 2.24) is 15.3 Å². The Kier molecular flexibility index (Phi) is 6.67. The van der Waals surface area contributed by atoms with Crippen molar-refractivity contribution in [2.75, 3.05) is 6.54 Å². The summed E-state index contributed by atoms with van der Waals surface area (Å²) >= 11 is 3.41. The second-order valence-electron chi connectivity index (χ2n) is 6.94. The maximum absolute atomic E-state index is 14.4. The quantitative estimate of drug-likeness (QED) is 0.447. The monoisotopic (exact) mass is 449 g/mol. The third kappa shape index (κ3) is 5.08. The van der Waals surface area contributed by atoms with E-state index in [9.17, 15) is 13.6 Å². The Labute approximate surface area is 171 Å². The Hall–Kier alpha value is -1.99. The molecule has 1 aromatic heterocycles. The van der Waals surface area contributed by atoms with Crippen molar-refractivity contribution in [2.45, 2.75) is 44.1 Å². The first-order valence-electron chi connectivity index (χ1n) is 9.28. The average Bonchev–Trinajstić information content (AvgIpc) is 2.65. The van der Waals surface area contributed by atoms with E-state index in [1.807, 2.05) is 24.3 Å². The zero-order valence-electron chi connectivity index (χ0n) is 15.4. The molecule has 4 nitrogen and oxygen atoms in total. The number of alkyl halides is 2. The lowest BCUT2D eigenvalue weighted by Gasteiger charge is -2.26. The zero-order chi connectivity index (χ0) is 20.1. The molecule has 1 fully saturated rings. The predicted octanol–water partition coefficient (Wildman–Crippen LogP) is 4.63. The van der Waals surface area contributed by atoms with Crippen LogP contribution in [0.2, 0.25) is 0 Å². The Morgan fingerprint density at radius 3 is 2.79 bits per heavy atom. The molecule has 1 N–H and O–H groups in total. The summed E-state index contributed by atoms with van der Waals surface area (Å²) in [5.41, 5.74) is 0.324. The first-order valence-corrected chi connectivity index (χ1v) is 10.1. The van der Waals surface area contributed by atoms with Gasteiger partial charge in [-0.2, -0.15) is 8.78 Å². The highest BCUT2D eigenvalue weighted by Crippen LogP contribution is 2.30. The molecule has 1 aromatic carbocycles. The predicted molar refractivity (Wildman–Crippen MR) is 108 cm³/mol. The molecular formula is C21H22BrF2N3O. The van der Waals surface area contributed by atoms with Crippen LogP contribution in [0.5, 0.6) is 0 Å². The Bertz CT molecular complexity index is 868. The number of aromatic nitrogens is 2. The zero-order valence-corrected chi connectivity index (χ0v) is 17.0. The molecule has 0 saturated heterocycles. The molecule has 28 heavy (non-hydrogen) atoms. The molecule has 0 atom stereocenters. The smallest absolute Gasteiger partial charge is 0.307 e. The van der Waals surface area contributed by atoms with Crippen LogP contribution in [0.15, 0.2) is 47.6 Å². The third-order valence-corrected chi connectivity index (χ3v) is 5.39. The van der Waals surface area contributed by atoms with Gasteiger partial charge < -0.3 is 5.32 Å². The van der Waals surface area contributed by atoms with Gasteiger partial charge in [0.25, 0.3) is 0 Å². The number of Topliss-reactive ketones (excluding diaryl/α,β-unsaturated/α-hetero) is 1. The van der Waals surface area contributed by atoms with Crippen LogP contribution in [-0.4, -0.2) is 28.3 Å². The molecule has 1 aliphatic carbocycles. The summed E-state index contributed by atoms with van der Waals surface area (Å²) in [4.78, 5) is 20.7. The van der Waals surface area contributed by atoms with Crippen LogP contribution < -0.4 is 5.32 Å². The van der Waals surface area contributed by atoms with Crippen molar-refractivity contribution in [1.29, 1.82) is 0 Å². The van der Waals surface area contributed by atoms with E-state index < -0.39 is 17.4 Å². The molecule has 7 heteroatoms. The highest BCUT2D eigenvalue weighted by molar-refractivity contribution is 9.10. The van der Waals surface area contributed by atoms with Crippen LogP contribution in [0, 0.1) is 0 Å². The van der Waals surface area contributed by atoms with E-state index >= 15 is 0 Å². The summed E-state index contributed by atoms with van der Waals surface area (Å²) in [7, 11) is 0. The van der Waals surface area contributed by atoms with E-state index in [1.54, 1.807) is 0 Å². The van der Waals surface area contributed by atoms with E-state index in [0.717, 1.165) is 29.3 Å². The number of nitrogens with zero attached hydrogens (tertiary/aromatic N) is 2. The summed E-state index contributed by atoms with van der Waals surface area (Å²) in [5.74, 6) is -3.54. The minimum atomic E-state index is -3.39. The maximum Gasteiger partial charge on any atom is 0.308 e. The van der Waals surface area contributed by atoms with Crippen molar-refractivity contribution in [2.24, 2.45) is 0 Å². The van der Waals surface area contributed by atoms with Gasteiger partial charge in [-0.1, -0.05) is 41.1 Å². The van der Waals surface area contributed by atoms with Gasteiger partial charge in [0.05, 0.1) is 12.1 Å². The molecule has 1 heterocycles. The molecule has 0 spiro atoms. The van der Waals surface area contributed by atoms with Gasteiger partial charge in [-0.05, 0) is 43.0 Å². The number of hydrogen-bond donors (Lipinski definition) is 1. The molecule has 0 aliphatic heterocycles. The molecule has 0 unspecified atom stereocenters. The number of allylic oxidation sites excluding steroid dienone is 1. The Morgan fingerprint density at radius 2 is 2.14 bits per heavy atom. The van der Waals surface area contributed by atoms with Crippen LogP contribution in [0.25, 0.3) is 0 Å². The van der Waals surface area contributed by atoms with E-state index in [4.69, 9.17) is 0 Å². The lowest BCUT2D eigenvalue weighted by molar-refractivity contribution is 0.0455. The molecule has 3 rings (SSSR count). The SMILES string of the molecule is C=CC(F)(F)c1nc(CCc2cccc(Br)c2)ncc1C(=O)CNC1CCC1. The van der Waals surface area contributed by atoms with Gasteiger partial charge >= 0.3 is 5.92 Å². The van der Waals surface area contributed by atoms with Crippen molar-refractivity contribution in [3.8, 4) is 0 Å². The number of nitrogens with one attached hydrogen (secondary N) is 1. The summed E-state index contributed by atoms with van der Waals surface area (Å²) in [6, 6.07) is 8.03. The topological polar surface area (TPSA) is 54.9 Å². The van der Waals surface area contributed by atoms with Gasteiger partial charge in [0, 0.05) is 23.1 Å². The Balaban J connectivity index is 1.78. The lowest BCUT2D eigenvalue weighted by atomic mass is 9.93. The average molecular weight is 450 g/mol. The highest BCUT2D eigenvalue weighted by Gasteiger charge is 2.35. The van der Waals surface area contributed by atoms with Crippen LogP contribution >= 0.6 is 15.9 Å². The van der Waals surface area contributed by atoms with Gasteiger partial charge in [-0.25, -0.2) is 9.97 Å². The number of ketones is 1. The van der Waals surface area contributed by atoms with Gasteiger partial charge in [0.2, 0.25) is 0 Å². The number of carbonyl (C=O) groups is 1. The fraction of sp³-hybridized carbons (Fsp3) is 0.381. The van der Waals surface area contributed by atoms with Gasteiger partial charge in [0.1, 0.15) is 11.5 Å². The fourth-order valence-corrected chi connectivity index (χ4v) is 3.43. The first kappa shape index (κ1) is 20.7. The second kappa shape index (κ2) is 9.01. The third-order valence-electron chi connectivity index (χ3n) is 4.89. The first-order chi connectivity index (χ1) is 13.4. The van der Waals surface area contributed by atoms with E-state index in [0.29, 0.717) is 18.9 Å². The lowest BCUT2D eigenvalue weighted by Crippen LogP contribution is -2.39. The van der Waals surface area contributed by atoms with Crippen LogP contribution in [0.3, 0.4) is 0 Å². The number of hydrogen-bond acceptors (Lipinski definition) is 4. The normalized spacial score (nSPS) is 14.5. The fourth-order valence-electron chi connectivity index (χ4n) is 2.99. The number of rotatable bonds is 9. The van der Waals surface area contributed by atoms with Crippen LogP contribution in [-0.2, 0) is 18.8 Å². The van der Waals surface area contributed by atoms with Crippen LogP contribution in [0.1, 0.15) is 46.7 Å². The highest BCUT2D eigenvalue weighted by atomic mass is 79.9. The molecule has 2 aromatic rings. The van der Waals surface area contributed by atoms with Crippen molar-refractivity contribution < 1.29 is 13.6 Å². The van der Waals surface area contributed by atoms with Gasteiger partial charge in [-0.15, -0.1) is 0 Å². The number of carbonyl (C=O) groups excluding carboxylic acids is 1. The summed E-state index contributed by atoms with van der Waals surface area (Å²) in [5, 5.41) is 3.10. The second-order valence-corrected chi connectivity index (χ2v) is 7.85. The largest absolute Gasteiger partial charge is 0.308 e. The van der Waals surface area contributed by atoms with Gasteiger partial charge in [-0.3, -0.25) is 4.79 Å². The molecule has 0 radical (unpaired) electrons. The van der Waals surface area contributed by atoms with Crippen molar-refractivity contribution in [3.63, 3.8) is 0 Å². The standard InChI is InChI=1S/C21H22BrF2N3O/c1-2-21(23,24)20-17(18(28)13-25-16-7-4-8-16)12-26-19(27-20)10-9-14-5-3-6-15(22)11-14/h2-3,5-6,11-12,16,25H,1,4,7-10,13H2. The minimum absolute atomic E-state index is 0.00559. The summed E-state index contributed by atoms with van der Waals surface area (Å²) in [6.07, 6.45) is 5.88. The summed E-state index contributed by atoms with van der Waals surface area (Å²) < 4.78 is 29.7. The van der Waals surface area contributed by atoms with Gasteiger partial charge in [0.15, 0.2) is 5.78 Å². The van der Waals surface area contributed by atoms with E-state index in [2.05, 4.69) is 37.8 Å². The van der Waals surface area contributed by atoms with E-state index in [-0.39, 0.29) is 24.0 Å². The molecule has 148 valence electrons. The number of halogens is 3. The molecule has 0 bridgehead atoms. The molecule has 0 amide bonds. The molecule has 1 aliphatic rings. The minimum Gasteiger partial charge on any atom is -0.307 e.